The first-order valence-electron chi connectivity index (χ1n) is 9.67. The lowest BCUT2D eigenvalue weighted by Gasteiger charge is -2.26. The van der Waals surface area contributed by atoms with Crippen LogP contribution in [0.2, 0.25) is 0 Å². The van der Waals surface area contributed by atoms with Crippen molar-refractivity contribution in [2.75, 3.05) is 56.0 Å². The number of aromatic nitrogens is 3. The average molecular weight is 521 g/mol. The van der Waals surface area contributed by atoms with E-state index in [0.29, 0.717) is 23.8 Å². The Morgan fingerprint density at radius 2 is 1.53 bits per heavy atom. The summed E-state index contributed by atoms with van der Waals surface area (Å²) in [6.07, 6.45) is -5.08. The van der Waals surface area contributed by atoms with Crippen molar-refractivity contribution in [1.82, 2.24) is 15.0 Å². The number of benzene rings is 1. The van der Waals surface area contributed by atoms with Crippen LogP contribution in [0.15, 0.2) is 28.7 Å². The summed E-state index contributed by atoms with van der Waals surface area (Å²) >= 11 is 3.55. The summed E-state index contributed by atoms with van der Waals surface area (Å²) in [6, 6.07) is 8.45. The Kier molecular flexibility index (Phi) is 10.1. The molecule has 2 rings (SSSR count). The van der Waals surface area contributed by atoms with Crippen molar-refractivity contribution in [3.05, 3.63) is 34.3 Å². The zero-order chi connectivity index (χ0) is 24.6. The minimum atomic E-state index is -5.08. The van der Waals surface area contributed by atoms with Crippen LogP contribution in [-0.4, -0.2) is 73.5 Å². The van der Waals surface area contributed by atoms with Crippen LogP contribution in [0, 0.1) is 0 Å². The molecule has 0 saturated heterocycles. The second kappa shape index (κ2) is 11.8. The van der Waals surface area contributed by atoms with Crippen LogP contribution in [0.3, 0.4) is 0 Å². The van der Waals surface area contributed by atoms with E-state index in [4.69, 9.17) is 9.90 Å². The molecule has 1 N–H and O–H groups in total. The predicted molar refractivity (Wildman–Crippen MR) is 123 cm³/mol. The molecule has 1 aromatic heterocycles. The maximum absolute atomic E-state index is 10.6. The lowest BCUT2D eigenvalue weighted by Crippen LogP contribution is -2.31. The molecule has 0 spiro atoms. The molecular formula is C20H28BrF3N6O2. The highest BCUT2D eigenvalue weighted by Crippen LogP contribution is 2.23. The Balaban J connectivity index is 0.000000633. The van der Waals surface area contributed by atoms with Gasteiger partial charge in [0.05, 0.1) is 0 Å². The van der Waals surface area contributed by atoms with Gasteiger partial charge in [0.25, 0.3) is 0 Å². The van der Waals surface area contributed by atoms with Crippen LogP contribution >= 0.6 is 15.9 Å². The summed E-state index contributed by atoms with van der Waals surface area (Å²) in [5.74, 6) is -0.344. The second-order valence-electron chi connectivity index (χ2n) is 7.32. The van der Waals surface area contributed by atoms with Gasteiger partial charge < -0.3 is 19.8 Å². The number of rotatable bonds is 7. The van der Waals surface area contributed by atoms with E-state index in [2.05, 4.69) is 67.8 Å². The Morgan fingerprint density at radius 1 is 1.06 bits per heavy atom. The van der Waals surface area contributed by atoms with Crippen LogP contribution < -0.4 is 14.7 Å². The molecule has 0 aliphatic rings. The summed E-state index contributed by atoms with van der Waals surface area (Å²) in [6.45, 7) is 6.03. The summed E-state index contributed by atoms with van der Waals surface area (Å²) in [7, 11) is 7.77. The van der Waals surface area contributed by atoms with E-state index in [-0.39, 0.29) is 0 Å². The summed E-state index contributed by atoms with van der Waals surface area (Å²) < 4.78 is 32.8. The van der Waals surface area contributed by atoms with Gasteiger partial charge in [0.1, 0.15) is 0 Å². The monoisotopic (exact) mass is 520 g/mol. The first-order chi connectivity index (χ1) is 14.8. The van der Waals surface area contributed by atoms with E-state index in [0.717, 1.165) is 17.6 Å². The number of hydrogen-bond acceptors (Lipinski definition) is 7. The molecule has 0 bridgehead atoms. The fraction of sp³-hybridized carbons (Fsp3) is 0.500. The molecule has 1 aromatic carbocycles. The first-order valence-corrected chi connectivity index (χ1v) is 10.5. The molecule has 0 aliphatic heterocycles. The van der Waals surface area contributed by atoms with Crippen LogP contribution in [0.1, 0.15) is 25.3 Å². The summed E-state index contributed by atoms with van der Waals surface area (Å²) in [5, 5.41) is 7.12. The molecule has 0 saturated carbocycles. The van der Waals surface area contributed by atoms with Crippen molar-refractivity contribution in [2.24, 2.45) is 0 Å². The molecule has 1 heterocycles. The predicted octanol–water partition coefficient (Wildman–Crippen LogP) is 4.03. The number of nitrogens with zero attached hydrogens (tertiary/aromatic N) is 6. The number of anilines is 3. The Bertz CT molecular complexity index is 870. The lowest BCUT2D eigenvalue weighted by atomic mass is 10.0. The van der Waals surface area contributed by atoms with E-state index in [1.807, 2.05) is 44.1 Å². The van der Waals surface area contributed by atoms with Gasteiger partial charge in [-0.25, -0.2) is 4.79 Å². The standard InChI is InChI=1S/C18H27BrN6.C2HF3O2/c1-7-25(12-13(2)14-9-8-10-15(19)11-14)18-21-16(23(3)4)20-17(22-18)24(5)6;3-2(4,5)1(6)7/h8-11,13H,7,12H2,1-6H3;(H,6,7). The van der Waals surface area contributed by atoms with Crippen LogP contribution in [0.25, 0.3) is 0 Å². The molecule has 32 heavy (non-hydrogen) atoms. The fourth-order valence-corrected chi connectivity index (χ4v) is 2.90. The molecule has 8 nitrogen and oxygen atoms in total. The molecule has 2 aromatic rings. The fourth-order valence-electron chi connectivity index (χ4n) is 2.49. The van der Waals surface area contributed by atoms with Gasteiger partial charge in [0.15, 0.2) is 0 Å². The molecule has 1 unspecified atom stereocenters. The molecular weight excluding hydrogens is 493 g/mol. The van der Waals surface area contributed by atoms with Crippen molar-refractivity contribution in [3.63, 3.8) is 0 Å². The second-order valence-corrected chi connectivity index (χ2v) is 8.24. The van der Waals surface area contributed by atoms with Gasteiger partial charge in [-0.2, -0.15) is 28.1 Å². The van der Waals surface area contributed by atoms with E-state index < -0.39 is 12.1 Å². The van der Waals surface area contributed by atoms with Crippen molar-refractivity contribution >= 4 is 39.7 Å². The molecule has 0 radical (unpaired) electrons. The van der Waals surface area contributed by atoms with Crippen LogP contribution in [-0.2, 0) is 4.79 Å². The van der Waals surface area contributed by atoms with E-state index >= 15 is 0 Å². The van der Waals surface area contributed by atoms with Gasteiger partial charge in [-0.3, -0.25) is 0 Å². The Hall–Kier alpha value is -2.63. The summed E-state index contributed by atoms with van der Waals surface area (Å²) in [5.41, 5.74) is 1.29. The van der Waals surface area contributed by atoms with Crippen LogP contribution in [0.5, 0.6) is 0 Å². The third-order valence-electron chi connectivity index (χ3n) is 4.22. The maximum Gasteiger partial charge on any atom is 0.490 e. The number of aliphatic carboxylic acids is 1. The first kappa shape index (κ1) is 27.4. The lowest BCUT2D eigenvalue weighted by molar-refractivity contribution is -0.192. The van der Waals surface area contributed by atoms with Gasteiger partial charge in [-0.15, -0.1) is 0 Å². The number of carboxylic acids is 1. The van der Waals surface area contributed by atoms with Gasteiger partial charge in [0.2, 0.25) is 17.8 Å². The average Bonchev–Trinajstić information content (AvgIpc) is 2.71. The smallest absolute Gasteiger partial charge is 0.475 e. The zero-order valence-electron chi connectivity index (χ0n) is 18.9. The SMILES string of the molecule is CCN(CC(C)c1cccc(Br)c1)c1nc(N(C)C)nc(N(C)C)n1.O=C(O)C(F)(F)F. The molecule has 0 amide bonds. The Morgan fingerprint density at radius 3 is 1.91 bits per heavy atom. The van der Waals surface area contributed by atoms with Crippen molar-refractivity contribution in [1.29, 1.82) is 0 Å². The van der Waals surface area contributed by atoms with Crippen LogP contribution in [0.4, 0.5) is 31.0 Å². The number of carbonyl (C=O) groups is 1. The normalized spacial score (nSPS) is 11.8. The molecule has 0 aliphatic carbocycles. The molecule has 12 heteroatoms. The minimum Gasteiger partial charge on any atom is -0.475 e. The van der Waals surface area contributed by atoms with Gasteiger partial charge in [0, 0.05) is 45.8 Å². The topological polar surface area (TPSA) is 85.7 Å². The van der Waals surface area contributed by atoms with E-state index in [1.165, 1.54) is 5.56 Å². The number of hydrogen-bond donors (Lipinski definition) is 1. The number of halogens is 4. The quantitative estimate of drug-likeness (QED) is 0.585. The van der Waals surface area contributed by atoms with Gasteiger partial charge in [-0.05, 0) is 30.5 Å². The van der Waals surface area contributed by atoms with Gasteiger partial charge in [-0.1, -0.05) is 35.0 Å². The van der Waals surface area contributed by atoms with Crippen molar-refractivity contribution in [3.8, 4) is 0 Å². The van der Waals surface area contributed by atoms with E-state index in [1.54, 1.807) is 0 Å². The highest BCUT2D eigenvalue weighted by atomic mass is 79.9. The van der Waals surface area contributed by atoms with Gasteiger partial charge >= 0.3 is 12.1 Å². The summed E-state index contributed by atoms with van der Waals surface area (Å²) in [4.78, 5) is 28.7. The number of likely N-dealkylation sites (N-methyl/N-ethyl adjacent to an activating group) is 1. The zero-order valence-corrected chi connectivity index (χ0v) is 20.4. The highest BCUT2D eigenvalue weighted by Gasteiger charge is 2.38. The number of carboxylic acid groups (broad SMARTS) is 1. The minimum absolute atomic E-state index is 0.361. The third-order valence-corrected chi connectivity index (χ3v) is 4.71. The largest absolute Gasteiger partial charge is 0.490 e. The van der Waals surface area contributed by atoms with Crippen molar-refractivity contribution in [2.45, 2.75) is 25.9 Å². The van der Waals surface area contributed by atoms with E-state index in [9.17, 15) is 13.2 Å². The highest BCUT2D eigenvalue weighted by molar-refractivity contribution is 9.10. The molecule has 1 atom stereocenters. The Labute approximate surface area is 194 Å². The molecule has 178 valence electrons. The third kappa shape index (κ3) is 8.48. The molecule has 0 fully saturated rings. The maximum atomic E-state index is 10.6. The van der Waals surface area contributed by atoms with Crippen molar-refractivity contribution < 1.29 is 23.1 Å². The number of alkyl halides is 3.